The van der Waals surface area contributed by atoms with Crippen molar-refractivity contribution in [1.82, 2.24) is 4.57 Å². The Morgan fingerprint density at radius 2 is 2.00 bits per heavy atom. The number of aliphatic hydroxyl groups is 1. The van der Waals surface area contributed by atoms with Crippen LogP contribution >= 0.6 is 0 Å². The molecule has 0 unspecified atom stereocenters. The smallest absolute Gasteiger partial charge is 0.449 e. The van der Waals surface area contributed by atoms with Crippen LogP contribution in [0.15, 0.2) is 17.1 Å². The van der Waals surface area contributed by atoms with E-state index in [9.17, 15) is 14.7 Å². The number of carbonyl (C=O) groups is 1. The number of hydrogen-bond donors (Lipinski definition) is 2. The average molecular weight is 376 g/mol. The molecule has 1 saturated heterocycles. The fraction of sp³-hybridized carbons (Fsp3) is 0.474. The predicted molar refractivity (Wildman–Crippen MR) is 97.3 cm³/mol. The molecule has 0 radical (unpaired) electrons. The maximum atomic E-state index is 15.1. The molecule has 0 amide bonds. The molecule has 1 aromatic carbocycles. The summed E-state index contributed by atoms with van der Waals surface area (Å²) < 4.78 is 21.5. The molecule has 7 nitrogen and oxygen atoms in total. The molecule has 2 N–H and O–H groups in total. The summed E-state index contributed by atoms with van der Waals surface area (Å²) in [4.78, 5) is 25.5. The van der Waals surface area contributed by atoms with Gasteiger partial charge in [-0.15, -0.1) is 0 Å². The Hall–Kier alpha value is -2.61. The van der Waals surface area contributed by atoms with E-state index in [4.69, 9.17) is 5.11 Å². The van der Waals surface area contributed by atoms with Gasteiger partial charge < -0.3 is 24.4 Å². The van der Waals surface area contributed by atoms with Crippen molar-refractivity contribution < 1.29 is 24.1 Å². The Morgan fingerprint density at radius 1 is 1.30 bits per heavy atom. The van der Waals surface area contributed by atoms with Gasteiger partial charge in [-0.25, -0.2) is 9.18 Å². The molecule has 2 aromatic rings. The molecule has 0 aliphatic carbocycles. The van der Waals surface area contributed by atoms with Crippen LogP contribution in [-0.4, -0.2) is 40.1 Å². The number of nitrogens with zero attached hydrogens (tertiary/aromatic N) is 2. The Kier molecular flexibility index (Phi) is 4.30. The molecule has 1 fully saturated rings. The lowest BCUT2D eigenvalue weighted by atomic mass is 9.93. The number of pyridine rings is 1. The van der Waals surface area contributed by atoms with Gasteiger partial charge in [0.25, 0.3) is 0 Å². The number of rotatable bonds is 2. The zero-order valence-electron chi connectivity index (χ0n) is 14.9. The van der Waals surface area contributed by atoms with E-state index < -0.39 is 17.4 Å². The Bertz CT molecular complexity index is 978. The molecule has 1 aromatic heterocycles. The molecule has 0 spiro atoms. The van der Waals surface area contributed by atoms with Gasteiger partial charge in [0.2, 0.25) is 5.43 Å². The van der Waals surface area contributed by atoms with Crippen molar-refractivity contribution in [2.45, 2.75) is 44.8 Å². The predicted octanol–water partition coefficient (Wildman–Crippen LogP) is 2.67. The number of carboxylic acid groups (broad SMARTS) is 1. The van der Waals surface area contributed by atoms with E-state index in [1.807, 2.05) is 16.4 Å². The van der Waals surface area contributed by atoms with E-state index in [1.54, 1.807) is 0 Å². The SMILES string of the molecule is C[C@H]1CCc2c(N3CCC(O)CC3)c(F)cc3c(=O)c(OC(=O)O)cn1c23. The minimum Gasteiger partial charge on any atom is -0.449 e. The highest BCUT2D eigenvalue weighted by atomic mass is 19.1. The largest absolute Gasteiger partial charge is 0.511 e. The fourth-order valence-corrected chi connectivity index (χ4v) is 4.21. The molecular formula is C19H21FN2O5. The summed E-state index contributed by atoms with van der Waals surface area (Å²) in [6.45, 7) is 3.07. The van der Waals surface area contributed by atoms with Gasteiger partial charge >= 0.3 is 6.16 Å². The van der Waals surface area contributed by atoms with E-state index >= 15 is 4.39 Å². The standard InChI is InChI=1S/C19H21FN2O5/c1-10-2-3-12-16-13(18(24)15(9-22(10)16)27-19(25)26)8-14(20)17(12)21-6-4-11(23)5-7-21/h8-11,23H,2-7H2,1H3,(H,25,26)/t10-/m0/s1. The summed E-state index contributed by atoms with van der Waals surface area (Å²) in [6.07, 6.45) is 1.99. The minimum atomic E-state index is -1.58. The number of aromatic nitrogens is 1. The number of benzene rings is 1. The first-order chi connectivity index (χ1) is 12.9. The topological polar surface area (TPSA) is 92.0 Å². The quantitative estimate of drug-likeness (QED) is 0.783. The summed E-state index contributed by atoms with van der Waals surface area (Å²) in [5.74, 6) is -0.817. The van der Waals surface area contributed by atoms with Gasteiger partial charge in [-0.05, 0) is 38.7 Å². The van der Waals surface area contributed by atoms with E-state index in [0.717, 1.165) is 12.0 Å². The third kappa shape index (κ3) is 2.93. The Morgan fingerprint density at radius 3 is 2.67 bits per heavy atom. The second-order valence-electron chi connectivity index (χ2n) is 7.29. The molecular weight excluding hydrogens is 355 g/mol. The number of ether oxygens (including phenoxy) is 1. The average Bonchev–Trinajstić information content (AvgIpc) is 2.62. The van der Waals surface area contributed by atoms with Crippen LogP contribution in [0.3, 0.4) is 0 Å². The van der Waals surface area contributed by atoms with E-state index in [1.165, 1.54) is 12.3 Å². The highest BCUT2D eigenvalue weighted by molar-refractivity contribution is 5.89. The van der Waals surface area contributed by atoms with Gasteiger partial charge in [-0.3, -0.25) is 4.79 Å². The second-order valence-corrected chi connectivity index (χ2v) is 7.29. The Balaban J connectivity index is 1.96. The van der Waals surface area contributed by atoms with Crippen LogP contribution in [0.25, 0.3) is 10.9 Å². The molecule has 1 atom stereocenters. The van der Waals surface area contributed by atoms with Crippen molar-refractivity contribution in [2.75, 3.05) is 18.0 Å². The number of halogens is 1. The van der Waals surface area contributed by atoms with Gasteiger partial charge in [-0.2, -0.15) is 0 Å². The van der Waals surface area contributed by atoms with Crippen LogP contribution in [0.1, 0.15) is 37.8 Å². The lowest BCUT2D eigenvalue weighted by Gasteiger charge is -2.36. The van der Waals surface area contributed by atoms with Crippen molar-refractivity contribution in [3.63, 3.8) is 0 Å². The van der Waals surface area contributed by atoms with Crippen LogP contribution < -0.4 is 15.1 Å². The van der Waals surface area contributed by atoms with Gasteiger partial charge in [0.05, 0.1) is 28.9 Å². The molecule has 4 rings (SSSR count). The Labute approximate surface area is 154 Å². The van der Waals surface area contributed by atoms with Gasteiger partial charge in [-0.1, -0.05) is 0 Å². The van der Waals surface area contributed by atoms with E-state index in [-0.39, 0.29) is 23.3 Å². The molecule has 144 valence electrons. The first-order valence-electron chi connectivity index (χ1n) is 9.11. The zero-order valence-corrected chi connectivity index (χ0v) is 14.9. The molecule has 0 bridgehead atoms. The van der Waals surface area contributed by atoms with Gasteiger partial charge in [0.1, 0.15) is 5.82 Å². The highest BCUT2D eigenvalue weighted by Gasteiger charge is 2.29. The van der Waals surface area contributed by atoms with E-state index in [0.29, 0.717) is 43.6 Å². The summed E-state index contributed by atoms with van der Waals surface area (Å²) in [5.41, 5.74) is 1.26. The number of piperidine rings is 1. The fourth-order valence-electron chi connectivity index (χ4n) is 4.21. The normalized spacial score (nSPS) is 20.1. The van der Waals surface area contributed by atoms with Gasteiger partial charge in [0, 0.05) is 24.7 Å². The first kappa shape index (κ1) is 17.8. The maximum absolute atomic E-state index is 15.1. The van der Waals surface area contributed by atoms with Crippen molar-refractivity contribution in [1.29, 1.82) is 0 Å². The lowest BCUT2D eigenvalue weighted by Crippen LogP contribution is -2.37. The van der Waals surface area contributed by atoms with Crippen molar-refractivity contribution in [3.05, 3.63) is 33.9 Å². The molecule has 2 aliphatic rings. The summed E-state index contributed by atoms with van der Waals surface area (Å²) >= 11 is 0. The molecule has 0 saturated carbocycles. The molecule has 8 heteroatoms. The van der Waals surface area contributed by atoms with Crippen LogP contribution in [0.2, 0.25) is 0 Å². The summed E-state index contributed by atoms with van der Waals surface area (Å²) in [6, 6.07) is 1.21. The monoisotopic (exact) mass is 376 g/mol. The van der Waals surface area contributed by atoms with Crippen molar-refractivity contribution in [2.24, 2.45) is 0 Å². The molecule has 27 heavy (non-hydrogen) atoms. The minimum absolute atomic E-state index is 0.0261. The molecule has 3 heterocycles. The third-order valence-corrected chi connectivity index (χ3v) is 5.57. The van der Waals surface area contributed by atoms with E-state index in [2.05, 4.69) is 4.74 Å². The summed E-state index contributed by atoms with van der Waals surface area (Å²) in [5, 5.41) is 18.8. The summed E-state index contributed by atoms with van der Waals surface area (Å²) in [7, 11) is 0. The highest BCUT2D eigenvalue weighted by Crippen LogP contribution is 2.39. The molecule has 2 aliphatic heterocycles. The third-order valence-electron chi connectivity index (χ3n) is 5.57. The second kappa shape index (κ2) is 6.53. The number of anilines is 1. The van der Waals surface area contributed by atoms with Crippen LogP contribution in [0.4, 0.5) is 14.9 Å². The number of hydrogen-bond acceptors (Lipinski definition) is 5. The van der Waals surface area contributed by atoms with Crippen LogP contribution in [0, 0.1) is 5.82 Å². The zero-order chi connectivity index (χ0) is 19.3. The van der Waals surface area contributed by atoms with Crippen LogP contribution in [-0.2, 0) is 6.42 Å². The number of aryl methyl sites for hydroxylation is 1. The first-order valence-corrected chi connectivity index (χ1v) is 9.11. The van der Waals surface area contributed by atoms with Crippen molar-refractivity contribution >= 4 is 22.7 Å². The van der Waals surface area contributed by atoms with Crippen molar-refractivity contribution in [3.8, 4) is 5.75 Å². The maximum Gasteiger partial charge on any atom is 0.511 e. The van der Waals surface area contributed by atoms with Gasteiger partial charge in [0.15, 0.2) is 5.75 Å². The van der Waals surface area contributed by atoms with Crippen LogP contribution in [0.5, 0.6) is 5.75 Å². The number of aliphatic hydroxyl groups excluding tert-OH is 1. The lowest BCUT2D eigenvalue weighted by molar-refractivity contribution is 0.143.